The number of benzene rings is 1. The monoisotopic (exact) mass is 289 g/mol. The van der Waals surface area contributed by atoms with Gasteiger partial charge < -0.3 is 14.5 Å². The van der Waals surface area contributed by atoms with Crippen molar-refractivity contribution in [2.75, 3.05) is 13.2 Å². The number of aromatic amines is 1. The van der Waals surface area contributed by atoms with Gasteiger partial charge in [-0.2, -0.15) is 0 Å². The molecule has 0 atom stereocenters. The standard InChI is InChI=1S/C17H23NO3/c1-6-20-12-8-9-13(21-7-2)16-15(12)11(19)10-14(18-16)17(3,4)5/h8-10H,6-7H2,1-5H3,(H,18,19). The molecule has 2 aromatic rings. The highest BCUT2D eigenvalue weighted by molar-refractivity contribution is 5.90. The van der Waals surface area contributed by atoms with Crippen molar-refractivity contribution in [3.8, 4) is 11.5 Å². The highest BCUT2D eigenvalue weighted by Gasteiger charge is 2.19. The highest BCUT2D eigenvalue weighted by atomic mass is 16.5. The van der Waals surface area contributed by atoms with Gasteiger partial charge in [0.15, 0.2) is 5.43 Å². The lowest BCUT2D eigenvalue weighted by Crippen LogP contribution is -2.18. The molecular weight excluding hydrogens is 266 g/mol. The van der Waals surface area contributed by atoms with E-state index < -0.39 is 0 Å². The summed E-state index contributed by atoms with van der Waals surface area (Å²) in [5, 5.41) is 0.552. The number of ether oxygens (including phenoxy) is 2. The van der Waals surface area contributed by atoms with Crippen LogP contribution in [0.1, 0.15) is 40.3 Å². The number of fused-ring (bicyclic) bond motifs is 1. The molecule has 0 bridgehead atoms. The number of nitrogens with one attached hydrogen (secondary N) is 1. The SMILES string of the molecule is CCOc1ccc(OCC)c2c(=O)cc(C(C)(C)C)[nH]c12. The summed E-state index contributed by atoms with van der Waals surface area (Å²) in [7, 11) is 0. The minimum atomic E-state index is -0.140. The zero-order valence-electron chi connectivity index (χ0n) is 13.4. The smallest absolute Gasteiger partial charge is 0.193 e. The Hall–Kier alpha value is -1.97. The van der Waals surface area contributed by atoms with Gasteiger partial charge in [0.2, 0.25) is 0 Å². The molecule has 1 heterocycles. The van der Waals surface area contributed by atoms with E-state index in [-0.39, 0.29) is 10.8 Å². The lowest BCUT2D eigenvalue weighted by molar-refractivity contribution is 0.336. The van der Waals surface area contributed by atoms with E-state index in [0.29, 0.717) is 35.6 Å². The van der Waals surface area contributed by atoms with Crippen LogP contribution in [0.3, 0.4) is 0 Å². The summed E-state index contributed by atoms with van der Waals surface area (Å²) in [5.41, 5.74) is 1.41. The van der Waals surface area contributed by atoms with Gasteiger partial charge in [-0.05, 0) is 26.0 Å². The van der Waals surface area contributed by atoms with Crippen molar-refractivity contribution in [3.05, 3.63) is 34.1 Å². The van der Waals surface area contributed by atoms with Crippen LogP contribution in [0, 0.1) is 0 Å². The molecule has 0 radical (unpaired) electrons. The second-order valence-corrected chi connectivity index (χ2v) is 5.98. The van der Waals surface area contributed by atoms with Crippen molar-refractivity contribution in [3.63, 3.8) is 0 Å². The van der Waals surface area contributed by atoms with Gasteiger partial charge in [-0.3, -0.25) is 4.79 Å². The molecule has 0 spiro atoms. The molecule has 2 rings (SSSR count). The summed E-state index contributed by atoms with van der Waals surface area (Å²) >= 11 is 0. The van der Waals surface area contributed by atoms with Gasteiger partial charge >= 0.3 is 0 Å². The molecule has 114 valence electrons. The van der Waals surface area contributed by atoms with E-state index in [0.717, 1.165) is 5.69 Å². The first-order chi connectivity index (χ1) is 9.88. The van der Waals surface area contributed by atoms with Gasteiger partial charge in [-0.1, -0.05) is 20.8 Å². The van der Waals surface area contributed by atoms with Crippen LogP contribution in [0.25, 0.3) is 10.9 Å². The normalized spacial score (nSPS) is 11.7. The Morgan fingerprint density at radius 2 is 1.62 bits per heavy atom. The largest absolute Gasteiger partial charge is 0.493 e. The third-order valence-electron chi connectivity index (χ3n) is 3.32. The summed E-state index contributed by atoms with van der Waals surface area (Å²) in [6.45, 7) is 11.1. The van der Waals surface area contributed by atoms with Crippen LogP contribution in [0.5, 0.6) is 11.5 Å². The van der Waals surface area contributed by atoms with Gasteiger partial charge in [-0.25, -0.2) is 0 Å². The molecule has 0 aliphatic heterocycles. The summed E-state index contributed by atoms with van der Waals surface area (Å²) in [6.07, 6.45) is 0. The van der Waals surface area contributed by atoms with Crippen molar-refractivity contribution in [2.45, 2.75) is 40.0 Å². The highest BCUT2D eigenvalue weighted by Crippen LogP contribution is 2.31. The topological polar surface area (TPSA) is 51.3 Å². The summed E-state index contributed by atoms with van der Waals surface area (Å²) in [4.78, 5) is 15.9. The summed E-state index contributed by atoms with van der Waals surface area (Å²) < 4.78 is 11.2. The summed E-state index contributed by atoms with van der Waals surface area (Å²) in [6, 6.07) is 5.29. The molecule has 0 unspecified atom stereocenters. The number of aromatic nitrogens is 1. The minimum absolute atomic E-state index is 0.0429. The molecule has 4 nitrogen and oxygen atoms in total. The molecule has 1 aromatic carbocycles. The fourth-order valence-electron chi connectivity index (χ4n) is 2.26. The van der Waals surface area contributed by atoms with Crippen molar-refractivity contribution >= 4 is 10.9 Å². The van der Waals surface area contributed by atoms with Crippen molar-refractivity contribution in [1.29, 1.82) is 0 Å². The molecule has 4 heteroatoms. The average molecular weight is 289 g/mol. The molecule has 1 N–H and O–H groups in total. The predicted octanol–water partition coefficient (Wildman–Crippen LogP) is 3.62. The Morgan fingerprint density at radius 1 is 1.05 bits per heavy atom. The zero-order valence-corrected chi connectivity index (χ0v) is 13.4. The van der Waals surface area contributed by atoms with Crippen molar-refractivity contribution in [1.82, 2.24) is 4.98 Å². The zero-order chi connectivity index (χ0) is 15.6. The number of H-pyrrole nitrogens is 1. The van der Waals surface area contributed by atoms with Crippen molar-refractivity contribution < 1.29 is 9.47 Å². The molecule has 0 amide bonds. The van der Waals surface area contributed by atoms with Crippen LogP contribution < -0.4 is 14.9 Å². The fourth-order valence-corrected chi connectivity index (χ4v) is 2.26. The van der Waals surface area contributed by atoms with Crippen molar-refractivity contribution in [2.24, 2.45) is 0 Å². The lowest BCUT2D eigenvalue weighted by Gasteiger charge is -2.20. The Labute approximate surface area is 125 Å². The molecule has 0 saturated carbocycles. The lowest BCUT2D eigenvalue weighted by atomic mass is 9.91. The first kappa shape index (κ1) is 15.4. The van der Waals surface area contributed by atoms with Crippen LogP contribution >= 0.6 is 0 Å². The van der Waals surface area contributed by atoms with Crippen LogP contribution in [-0.4, -0.2) is 18.2 Å². The van der Waals surface area contributed by atoms with Crippen LogP contribution in [0.15, 0.2) is 23.0 Å². The average Bonchev–Trinajstić information content (AvgIpc) is 2.40. The Balaban J connectivity index is 2.80. The van der Waals surface area contributed by atoms with E-state index >= 15 is 0 Å². The number of hydrogen-bond donors (Lipinski definition) is 1. The van der Waals surface area contributed by atoms with Gasteiger partial charge in [0.1, 0.15) is 11.5 Å². The first-order valence-corrected chi connectivity index (χ1v) is 7.34. The minimum Gasteiger partial charge on any atom is -0.493 e. The van der Waals surface area contributed by atoms with Gasteiger partial charge in [0.25, 0.3) is 0 Å². The van der Waals surface area contributed by atoms with Gasteiger partial charge in [0.05, 0.1) is 24.1 Å². The maximum absolute atomic E-state index is 12.5. The van der Waals surface area contributed by atoms with E-state index in [1.54, 1.807) is 12.1 Å². The molecule has 0 aliphatic rings. The molecule has 0 saturated heterocycles. The fraction of sp³-hybridized carbons (Fsp3) is 0.471. The Morgan fingerprint density at radius 3 is 2.19 bits per heavy atom. The van der Waals surface area contributed by atoms with E-state index in [1.165, 1.54) is 0 Å². The van der Waals surface area contributed by atoms with E-state index in [4.69, 9.17) is 9.47 Å². The maximum Gasteiger partial charge on any atom is 0.193 e. The first-order valence-electron chi connectivity index (χ1n) is 7.34. The number of pyridine rings is 1. The van der Waals surface area contributed by atoms with Crippen LogP contribution in [0.2, 0.25) is 0 Å². The number of rotatable bonds is 4. The van der Waals surface area contributed by atoms with Gasteiger partial charge in [-0.15, -0.1) is 0 Å². The van der Waals surface area contributed by atoms with E-state index in [2.05, 4.69) is 25.8 Å². The number of hydrogen-bond acceptors (Lipinski definition) is 3. The second-order valence-electron chi connectivity index (χ2n) is 5.98. The molecule has 1 aromatic heterocycles. The summed E-state index contributed by atoms with van der Waals surface area (Å²) in [5.74, 6) is 1.27. The Bertz CT molecular complexity index is 695. The predicted molar refractivity (Wildman–Crippen MR) is 85.6 cm³/mol. The quantitative estimate of drug-likeness (QED) is 0.935. The van der Waals surface area contributed by atoms with Crippen LogP contribution in [-0.2, 0) is 5.41 Å². The molecular formula is C17H23NO3. The molecule has 0 aliphatic carbocycles. The molecule has 21 heavy (non-hydrogen) atoms. The third-order valence-corrected chi connectivity index (χ3v) is 3.32. The molecule has 0 fully saturated rings. The third kappa shape index (κ3) is 3.04. The van der Waals surface area contributed by atoms with Gasteiger partial charge in [0, 0.05) is 17.2 Å². The Kier molecular flexibility index (Phi) is 4.26. The van der Waals surface area contributed by atoms with Crippen LogP contribution in [0.4, 0.5) is 0 Å². The second kappa shape index (κ2) is 5.80. The maximum atomic E-state index is 12.5. The van der Waals surface area contributed by atoms with E-state index in [9.17, 15) is 4.79 Å². The van der Waals surface area contributed by atoms with E-state index in [1.807, 2.05) is 19.9 Å².